The van der Waals surface area contributed by atoms with Gasteiger partial charge in [-0.25, -0.2) is 4.79 Å². The quantitative estimate of drug-likeness (QED) is 0.466. The molecule has 2 aromatic carbocycles. The first-order valence-corrected chi connectivity index (χ1v) is 8.31. The Morgan fingerprint density at radius 1 is 1.11 bits per heavy atom. The summed E-state index contributed by atoms with van der Waals surface area (Å²) in [7, 11) is 2.75. The number of carbonyl (C=O) groups is 2. The molecular formula is C19H18N2O6. The fourth-order valence-corrected chi connectivity index (χ4v) is 3.14. The van der Waals surface area contributed by atoms with E-state index < -0.39 is 16.8 Å². The molecule has 0 spiro atoms. The number of nitrogens with zero attached hydrogens (tertiary/aromatic N) is 2. The molecule has 0 aromatic heterocycles. The fraction of sp³-hybridized carbons (Fsp3) is 0.263. The lowest BCUT2D eigenvalue weighted by atomic mass is 9.99. The third kappa shape index (κ3) is 3.59. The van der Waals surface area contributed by atoms with Crippen molar-refractivity contribution in [2.75, 3.05) is 25.7 Å². The molecule has 1 aliphatic heterocycles. The van der Waals surface area contributed by atoms with Gasteiger partial charge in [0.05, 0.1) is 24.7 Å². The predicted octanol–water partition coefficient (Wildman–Crippen LogP) is 2.98. The van der Waals surface area contributed by atoms with Crippen LogP contribution in [-0.2, 0) is 11.2 Å². The highest BCUT2D eigenvalue weighted by Crippen LogP contribution is 2.32. The number of amides is 1. The molecular weight excluding hydrogens is 352 g/mol. The van der Waals surface area contributed by atoms with Crippen LogP contribution < -0.4 is 9.64 Å². The number of anilines is 1. The average Bonchev–Trinajstić information content (AvgIpc) is 2.71. The number of benzene rings is 2. The van der Waals surface area contributed by atoms with Crippen molar-refractivity contribution in [1.82, 2.24) is 0 Å². The minimum absolute atomic E-state index is 0.0398. The van der Waals surface area contributed by atoms with E-state index in [1.165, 1.54) is 19.2 Å². The monoisotopic (exact) mass is 370 g/mol. The largest absolute Gasteiger partial charge is 0.497 e. The summed E-state index contributed by atoms with van der Waals surface area (Å²) in [5, 5.41) is 11.2. The van der Waals surface area contributed by atoms with Gasteiger partial charge in [0.15, 0.2) is 0 Å². The summed E-state index contributed by atoms with van der Waals surface area (Å²) in [6.45, 7) is 0.481. The molecule has 140 valence electrons. The van der Waals surface area contributed by atoms with Crippen LogP contribution in [0.2, 0.25) is 0 Å². The number of nitro benzene ring substituents is 1. The van der Waals surface area contributed by atoms with Crippen molar-refractivity contribution in [2.24, 2.45) is 0 Å². The number of hydrogen-bond donors (Lipinski definition) is 0. The van der Waals surface area contributed by atoms with Crippen LogP contribution in [0, 0.1) is 10.1 Å². The Balaban J connectivity index is 2.03. The van der Waals surface area contributed by atoms with E-state index in [-0.39, 0.29) is 16.8 Å². The molecule has 0 saturated heterocycles. The lowest BCUT2D eigenvalue weighted by molar-refractivity contribution is -0.384. The highest BCUT2D eigenvalue weighted by Gasteiger charge is 2.26. The molecule has 0 radical (unpaired) electrons. The normalized spacial score (nSPS) is 12.9. The van der Waals surface area contributed by atoms with Crippen molar-refractivity contribution in [3.8, 4) is 5.75 Å². The van der Waals surface area contributed by atoms with Gasteiger partial charge >= 0.3 is 5.97 Å². The van der Waals surface area contributed by atoms with E-state index in [1.807, 2.05) is 6.07 Å². The molecule has 3 rings (SSSR count). The number of fused-ring (bicyclic) bond motifs is 1. The second kappa shape index (κ2) is 7.45. The molecule has 8 heteroatoms. The number of hydrogen-bond acceptors (Lipinski definition) is 6. The van der Waals surface area contributed by atoms with Crippen LogP contribution in [0.4, 0.5) is 11.4 Å². The Morgan fingerprint density at radius 2 is 1.85 bits per heavy atom. The summed E-state index contributed by atoms with van der Waals surface area (Å²) in [5.41, 5.74) is 1.38. The van der Waals surface area contributed by atoms with Crippen molar-refractivity contribution in [1.29, 1.82) is 0 Å². The number of methoxy groups -OCH3 is 2. The van der Waals surface area contributed by atoms with Crippen LogP contribution in [0.3, 0.4) is 0 Å². The smallest absolute Gasteiger partial charge is 0.338 e. The maximum Gasteiger partial charge on any atom is 0.338 e. The minimum atomic E-state index is -0.739. The third-order valence-electron chi connectivity index (χ3n) is 4.45. The molecule has 1 aliphatic rings. The van der Waals surface area contributed by atoms with E-state index in [1.54, 1.807) is 24.1 Å². The van der Waals surface area contributed by atoms with Crippen LogP contribution >= 0.6 is 0 Å². The number of rotatable bonds is 4. The maximum absolute atomic E-state index is 13.1. The molecule has 1 amide bonds. The Kier molecular flexibility index (Phi) is 5.07. The Hall–Kier alpha value is -3.42. The summed E-state index contributed by atoms with van der Waals surface area (Å²) in [6.07, 6.45) is 1.56. The summed E-state index contributed by atoms with van der Waals surface area (Å²) >= 11 is 0. The van der Waals surface area contributed by atoms with Gasteiger partial charge in [0.1, 0.15) is 5.75 Å². The van der Waals surface area contributed by atoms with E-state index in [0.29, 0.717) is 12.3 Å². The number of carbonyl (C=O) groups excluding carboxylic acids is 2. The van der Waals surface area contributed by atoms with Crippen molar-refractivity contribution >= 4 is 23.3 Å². The van der Waals surface area contributed by atoms with E-state index in [9.17, 15) is 19.7 Å². The highest BCUT2D eigenvalue weighted by molar-refractivity contribution is 6.08. The molecule has 1 heterocycles. The first-order chi connectivity index (χ1) is 12.9. The zero-order chi connectivity index (χ0) is 19.6. The zero-order valence-corrected chi connectivity index (χ0v) is 14.9. The molecule has 0 saturated carbocycles. The van der Waals surface area contributed by atoms with Crippen molar-refractivity contribution in [3.63, 3.8) is 0 Å². The average molecular weight is 370 g/mol. The van der Waals surface area contributed by atoms with Gasteiger partial charge in [0, 0.05) is 29.9 Å². The van der Waals surface area contributed by atoms with Crippen LogP contribution in [0.15, 0.2) is 36.4 Å². The molecule has 0 atom stereocenters. The molecule has 27 heavy (non-hydrogen) atoms. The second-order valence-electron chi connectivity index (χ2n) is 6.07. The van der Waals surface area contributed by atoms with Crippen LogP contribution in [0.25, 0.3) is 0 Å². The van der Waals surface area contributed by atoms with Gasteiger partial charge in [0.2, 0.25) is 0 Å². The molecule has 2 aromatic rings. The van der Waals surface area contributed by atoms with E-state index in [0.717, 1.165) is 30.2 Å². The van der Waals surface area contributed by atoms with Crippen molar-refractivity contribution < 1.29 is 24.0 Å². The first-order valence-electron chi connectivity index (χ1n) is 8.31. The maximum atomic E-state index is 13.1. The van der Waals surface area contributed by atoms with Gasteiger partial charge < -0.3 is 14.4 Å². The number of aryl methyl sites for hydroxylation is 1. The van der Waals surface area contributed by atoms with Crippen LogP contribution in [-0.4, -0.2) is 37.6 Å². The Labute approximate surface area is 155 Å². The summed E-state index contributed by atoms with van der Waals surface area (Å²) in [4.78, 5) is 37.0. The lowest BCUT2D eigenvalue weighted by Gasteiger charge is -2.30. The van der Waals surface area contributed by atoms with E-state index in [4.69, 9.17) is 4.74 Å². The topological polar surface area (TPSA) is 99.0 Å². The molecule has 8 nitrogen and oxygen atoms in total. The van der Waals surface area contributed by atoms with Gasteiger partial charge in [-0.05, 0) is 42.7 Å². The summed E-state index contributed by atoms with van der Waals surface area (Å²) in [5.74, 6) is -0.446. The number of ether oxygens (including phenoxy) is 2. The Bertz CT molecular complexity index is 924. The lowest BCUT2D eigenvalue weighted by Crippen LogP contribution is -2.35. The van der Waals surface area contributed by atoms with E-state index in [2.05, 4.69) is 4.74 Å². The SMILES string of the molecule is COC(=O)c1cc(C(=O)N2CCCc3cc(OC)ccc32)cc([N+](=O)[O-])c1. The second-order valence-corrected chi connectivity index (χ2v) is 6.07. The van der Waals surface area contributed by atoms with Gasteiger partial charge in [-0.2, -0.15) is 0 Å². The van der Waals surface area contributed by atoms with Gasteiger partial charge in [-0.3, -0.25) is 14.9 Å². The van der Waals surface area contributed by atoms with Gasteiger partial charge in [-0.1, -0.05) is 0 Å². The number of non-ortho nitro benzene ring substituents is 1. The molecule has 0 aliphatic carbocycles. The van der Waals surface area contributed by atoms with Crippen LogP contribution in [0.1, 0.15) is 32.7 Å². The summed E-state index contributed by atoms with van der Waals surface area (Å²) < 4.78 is 9.86. The molecule has 0 unspecified atom stereocenters. The number of nitro groups is 1. The first kappa shape index (κ1) is 18.4. The Morgan fingerprint density at radius 3 is 2.52 bits per heavy atom. The van der Waals surface area contributed by atoms with Gasteiger partial charge in [-0.15, -0.1) is 0 Å². The predicted molar refractivity (Wildman–Crippen MR) is 97.4 cm³/mol. The molecule has 0 fully saturated rings. The molecule has 0 bridgehead atoms. The minimum Gasteiger partial charge on any atom is -0.497 e. The van der Waals surface area contributed by atoms with E-state index >= 15 is 0 Å². The van der Waals surface area contributed by atoms with Crippen LogP contribution in [0.5, 0.6) is 5.75 Å². The summed E-state index contributed by atoms with van der Waals surface area (Å²) in [6, 6.07) is 9.02. The number of esters is 1. The highest BCUT2D eigenvalue weighted by atomic mass is 16.6. The van der Waals surface area contributed by atoms with Crippen molar-refractivity contribution in [3.05, 3.63) is 63.2 Å². The third-order valence-corrected chi connectivity index (χ3v) is 4.45. The van der Waals surface area contributed by atoms with Gasteiger partial charge in [0.25, 0.3) is 11.6 Å². The fourth-order valence-electron chi connectivity index (χ4n) is 3.14. The van der Waals surface area contributed by atoms with Crippen molar-refractivity contribution in [2.45, 2.75) is 12.8 Å². The molecule has 0 N–H and O–H groups in total. The standard InChI is InChI=1S/C19H18N2O6/c1-26-16-5-6-17-12(11-16)4-3-7-20(17)18(22)13-8-14(19(23)27-2)10-15(9-13)21(24)25/h5-6,8-11H,3-4,7H2,1-2H3. The zero-order valence-electron chi connectivity index (χ0n) is 14.9.